The number of phenols is 1. The van der Waals surface area contributed by atoms with Crippen LogP contribution in [0.2, 0.25) is 0 Å². The van der Waals surface area contributed by atoms with Crippen molar-refractivity contribution >= 4 is 33.0 Å². The van der Waals surface area contributed by atoms with Crippen LogP contribution in [0.15, 0.2) is 35.2 Å². The average Bonchev–Trinajstić information content (AvgIpc) is 2.82. The second kappa shape index (κ2) is 5.38. The number of carbonyl (C=O) groups is 1. The van der Waals surface area contributed by atoms with Gasteiger partial charge in [-0.05, 0) is 37.3 Å². The van der Waals surface area contributed by atoms with Gasteiger partial charge >= 0.3 is 5.97 Å². The third-order valence-corrected chi connectivity index (χ3v) is 6.01. The van der Waals surface area contributed by atoms with E-state index in [0.717, 1.165) is 21.7 Å². The highest BCUT2D eigenvalue weighted by molar-refractivity contribution is 7.93. The smallest absolute Gasteiger partial charge is 0.345 e. The van der Waals surface area contributed by atoms with Gasteiger partial charge in [0, 0.05) is 11.9 Å². The number of anilines is 1. The van der Waals surface area contributed by atoms with Crippen molar-refractivity contribution in [1.82, 2.24) is 0 Å². The zero-order valence-corrected chi connectivity index (χ0v) is 12.9. The zero-order valence-electron chi connectivity index (χ0n) is 11.3. The quantitative estimate of drug-likeness (QED) is 0.898. The first-order chi connectivity index (χ1) is 9.73. The van der Waals surface area contributed by atoms with E-state index in [1.165, 1.54) is 31.3 Å². The Morgan fingerprint density at radius 2 is 1.81 bits per heavy atom. The maximum Gasteiger partial charge on any atom is 0.345 e. The predicted molar refractivity (Wildman–Crippen MR) is 79.7 cm³/mol. The van der Waals surface area contributed by atoms with Gasteiger partial charge in [-0.2, -0.15) is 0 Å². The van der Waals surface area contributed by atoms with E-state index in [2.05, 4.69) is 0 Å². The Kier molecular flexibility index (Phi) is 3.93. The van der Waals surface area contributed by atoms with Crippen molar-refractivity contribution in [2.24, 2.45) is 0 Å². The van der Waals surface area contributed by atoms with Gasteiger partial charge in [-0.3, -0.25) is 4.31 Å². The number of aromatic hydroxyl groups is 1. The number of benzene rings is 1. The van der Waals surface area contributed by atoms with Crippen molar-refractivity contribution in [1.29, 1.82) is 0 Å². The largest absolute Gasteiger partial charge is 0.508 e. The Morgan fingerprint density at radius 3 is 2.29 bits per heavy atom. The van der Waals surface area contributed by atoms with Crippen LogP contribution in [0.3, 0.4) is 0 Å². The third kappa shape index (κ3) is 2.86. The monoisotopic (exact) mass is 327 g/mol. The van der Waals surface area contributed by atoms with Crippen LogP contribution in [0.1, 0.15) is 14.5 Å². The molecule has 2 aromatic rings. The molecule has 0 aliphatic rings. The number of sulfonamides is 1. The van der Waals surface area contributed by atoms with Crippen LogP contribution >= 0.6 is 11.3 Å². The number of thiophene rings is 1. The summed E-state index contributed by atoms with van der Waals surface area (Å²) in [7, 11) is -2.48. The Hall–Kier alpha value is -2.06. The molecule has 1 aromatic carbocycles. The molecule has 21 heavy (non-hydrogen) atoms. The summed E-state index contributed by atoms with van der Waals surface area (Å²) in [6, 6.07) is 6.85. The lowest BCUT2D eigenvalue weighted by molar-refractivity contribution is 0.0702. The summed E-state index contributed by atoms with van der Waals surface area (Å²) in [6.07, 6.45) is 0. The van der Waals surface area contributed by atoms with Gasteiger partial charge < -0.3 is 10.2 Å². The number of hydrogen-bond donors (Lipinski definition) is 2. The molecule has 2 N–H and O–H groups in total. The fourth-order valence-corrected chi connectivity index (χ4v) is 4.37. The number of hydrogen-bond acceptors (Lipinski definition) is 5. The molecule has 0 fully saturated rings. The number of carboxylic acid groups (broad SMARTS) is 1. The van der Waals surface area contributed by atoms with Crippen molar-refractivity contribution in [3.63, 3.8) is 0 Å². The predicted octanol–water partition coefficient (Wildman–Crippen LogP) is 2.29. The van der Waals surface area contributed by atoms with E-state index < -0.39 is 16.0 Å². The molecule has 0 amide bonds. The Morgan fingerprint density at radius 1 is 1.24 bits per heavy atom. The van der Waals surface area contributed by atoms with E-state index in [1.807, 2.05) is 0 Å². The summed E-state index contributed by atoms with van der Waals surface area (Å²) >= 11 is 0.919. The molecule has 0 unspecified atom stereocenters. The molecular weight excluding hydrogens is 314 g/mol. The molecule has 6 nitrogen and oxygen atoms in total. The standard InChI is InChI=1S/C13H13NO5S2/c1-8-12(7-11(20-8)13(16)17)21(18,19)14(2)9-3-5-10(15)6-4-9/h3-7,15H,1-2H3,(H,16,17). The molecule has 0 saturated heterocycles. The van der Waals surface area contributed by atoms with Crippen molar-refractivity contribution in [3.8, 4) is 5.75 Å². The minimum absolute atomic E-state index is 0.0230. The SMILES string of the molecule is Cc1sc(C(=O)O)cc1S(=O)(=O)N(C)c1ccc(O)cc1. The fourth-order valence-electron chi connectivity index (χ4n) is 1.78. The first-order valence-corrected chi connectivity index (χ1v) is 8.11. The first-order valence-electron chi connectivity index (χ1n) is 5.85. The van der Waals surface area contributed by atoms with Crippen LogP contribution < -0.4 is 4.31 Å². The van der Waals surface area contributed by atoms with Gasteiger partial charge in [-0.25, -0.2) is 13.2 Å². The molecule has 0 atom stereocenters. The molecule has 8 heteroatoms. The summed E-state index contributed by atoms with van der Waals surface area (Å²) in [5.74, 6) is -1.12. The van der Waals surface area contributed by atoms with Crippen LogP contribution in [-0.4, -0.2) is 31.6 Å². The van der Waals surface area contributed by atoms with Crippen LogP contribution in [0, 0.1) is 6.92 Å². The van der Waals surface area contributed by atoms with Crippen LogP contribution in [0.4, 0.5) is 5.69 Å². The fraction of sp³-hybridized carbons (Fsp3) is 0.154. The molecule has 0 aliphatic heterocycles. The van der Waals surface area contributed by atoms with E-state index in [1.54, 1.807) is 6.92 Å². The van der Waals surface area contributed by atoms with Gasteiger partial charge in [0.2, 0.25) is 0 Å². The highest BCUT2D eigenvalue weighted by Gasteiger charge is 2.26. The van der Waals surface area contributed by atoms with Crippen molar-refractivity contribution in [2.75, 3.05) is 11.4 Å². The number of rotatable bonds is 4. The van der Waals surface area contributed by atoms with Gasteiger partial charge in [0.15, 0.2) is 0 Å². The number of carboxylic acids is 1. The van der Waals surface area contributed by atoms with E-state index in [-0.39, 0.29) is 15.5 Å². The lowest BCUT2D eigenvalue weighted by Crippen LogP contribution is -2.26. The first kappa shape index (κ1) is 15.3. The van der Waals surface area contributed by atoms with Crippen molar-refractivity contribution in [3.05, 3.63) is 40.1 Å². The number of aryl methyl sites for hydroxylation is 1. The summed E-state index contributed by atoms with van der Waals surface area (Å²) in [5.41, 5.74) is 0.371. The average molecular weight is 327 g/mol. The molecule has 1 heterocycles. The maximum atomic E-state index is 12.6. The Balaban J connectivity index is 2.46. The van der Waals surface area contributed by atoms with Crippen LogP contribution in [-0.2, 0) is 10.0 Å². The van der Waals surface area contributed by atoms with E-state index in [0.29, 0.717) is 10.6 Å². The topological polar surface area (TPSA) is 94.9 Å². The minimum Gasteiger partial charge on any atom is -0.508 e. The molecule has 0 radical (unpaired) electrons. The maximum absolute atomic E-state index is 12.6. The van der Waals surface area contributed by atoms with E-state index >= 15 is 0 Å². The van der Waals surface area contributed by atoms with Gasteiger partial charge in [0.25, 0.3) is 10.0 Å². The molecule has 0 spiro atoms. The second-order valence-corrected chi connectivity index (χ2v) is 7.52. The van der Waals surface area contributed by atoms with Gasteiger partial charge in [-0.1, -0.05) is 0 Å². The highest BCUT2D eigenvalue weighted by Crippen LogP contribution is 2.30. The molecule has 0 aliphatic carbocycles. The zero-order chi connectivity index (χ0) is 15.8. The number of phenolic OH excluding ortho intramolecular Hbond substituents is 1. The van der Waals surface area contributed by atoms with Crippen molar-refractivity contribution < 1.29 is 23.4 Å². The molecule has 0 saturated carbocycles. The van der Waals surface area contributed by atoms with E-state index in [9.17, 15) is 18.3 Å². The molecule has 1 aromatic heterocycles. The highest BCUT2D eigenvalue weighted by atomic mass is 32.2. The minimum atomic E-state index is -3.85. The summed E-state index contributed by atoms with van der Waals surface area (Å²) in [4.78, 5) is 11.3. The van der Waals surface area contributed by atoms with Gasteiger partial charge in [0.05, 0.1) is 5.69 Å². The van der Waals surface area contributed by atoms with Crippen LogP contribution in [0.5, 0.6) is 5.75 Å². The normalized spacial score (nSPS) is 11.3. The van der Waals surface area contributed by atoms with Gasteiger partial charge in [0.1, 0.15) is 15.5 Å². The summed E-state index contributed by atoms with van der Waals surface area (Å²) in [5, 5.41) is 18.2. The van der Waals surface area contributed by atoms with Crippen LogP contribution in [0.25, 0.3) is 0 Å². The Labute approximate surface area is 125 Å². The second-order valence-electron chi connectivity index (χ2n) is 4.33. The molecular formula is C13H13NO5S2. The van der Waals surface area contributed by atoms with Gasteiger partial charge in [-0.15, -0.1) is 11.3 Å². The number of nitrogens with zero attached hydrogens (tertiary/aromatic N) is 1. The third-order valence-electron chi connectivity index (χ3n) is 2.93. The molecule has 112 valence electrons. The molecule has 0 bridgehead atoms. The van der Waals surface area contributed by atoms with E-state index in [4.69, 9.17) is 5.11 Å². The summed E-state index contributed by atoms with van der Waals surface area (Å²) in [6.45, 7) is 1.56. The van der Waals surface area contributed by atoms with Crippen molar-refractivity contribution in [2.45, 2.75) is 11.8 Å². The Bertz CT molecular complexity index is 777. The lowest BCUT2D eigenvalue weighted by Gasteiger charge is -2.19. The summed E-state index contributed by atoms with van der Waals surface area (Å²) < 4.78 is 26.2. The lowest BCUT2D eigenvalue weighted by atomic mass is 10.3. The number of aromatic carboxylic acids is 1. The molecule has 2 rings (SSSR count).